The van der Waals surface area contributed by atoms with E-state index in [9.17, 15) is 0 Å². The molecule has 0 aromatic rings. The van der Waals surface area contributed by atoms with Crippen LogP contribution in [0.25, 0.3) is 0 Å². The molecule has 0 aliphatic carbocycles. The summed E-state index contributed by atoms with van der Waals surface area (Å²) in [6, 6.07) is 0.212. The van der Waals surface area contributed by atoms with Crippen molar-refractivity contribution in [3.05, 3.63) is 12.7 Å². The molecular weight excluding hydrogens is 365 g/mol. The van der Waals surface area contributed by atoms with E-state index in [4.69, 9.17) is 15.2 Å². The molecule has 0 aromatic heterocycles. The highest BCUT2D eigenvalue weighted by Crippen LogP contribution is 2.36. The van der Waals surface area contributed by atoms with Crippen LogP contribution in [0.1, 0.15) is 53.4 Å². The molecule has 0 spiro atoms. The molecule has 0 bridgehead atoms. The first-order valence-corrected chi connectivity index (χ1v) is 8.58. The Balaban J connectivity index is 2.63. The van der Waals surface area contributed by atoms with Crippen LogP contribution in [0.2, 0.25) is 0 Å². The van der Waals surface area contributed by atoms with Crippen molar-refractivity contribution in [3.8, 4) is 0 Å². The van der Waals surface area contributed by atoms with Crippen molar-refractivity contribution in [2.24, 2.45) is 11.7 Å². The van der Waals surface area contributed by atoms with Crippen molar-refractivity contribution in [1.29, 1.82) is 0 Å². The highest BCUT2D eigenvalue weighted by molar-refractivity contribution is 14.1. The van der Waals surface area contributed by atoms with Crippen LogP contribution in [0.3, 0.4) is 0 Å². The van der Waals surface area contributed by atoms with E-state index in [2.05, 4.69) is 43.0 Å². The average molecular weight is 395 g/mol. The second kappa shape index (κ2) is 7.56. The fourth-order valence-electron chi connectivity index (χ4n) is 2.78. The molecule has 1 fully saturated rings. The number of halogens is 1. The lowest BCUT2D eigenvalue weighted by atomic mass is 9.86. The largest absolute Gasteiger partial charge is 0.348 e. The van der Waals surface area contributed by atoms with Gasteiger partial charge in [0, 0.05) is 9.46 Å². The van der Waals surface area contributed by atoms with Gasteiger partial charge in [-0.3, -0.25) is 0 Å². The van der Waals surface area contributed by atoms with Gasteiger partial charge < -0.3 is 15.2 Å². The first-order valence-electron chi connectivity index (χ1n) is 7.50. The van der Waals surface area contributed by atoms with Crippen LogP contribution in [0, 0.1) is 5.92 Å². The van der Waals surface area contributed by atoms with Crippen molar-refractivity contribution < 1.29 is 9.47 Å². The highest BCUT2D eigenvalue weighted by atomic mass is 127. The Morgan fingerprint density at radius 1 is 1.50 bits per heavy atom. The summed E-state index contributed by atoms with van der Waals surface area (Å²) in [5, 5.41) is 0. The topological polar surface area (TPSA) is 44.5 Å². The summed E-state index contributed by atoms with van der Waals surface area (Å²) in [5.41, 5.74) is 6.27. The number of hydrogen-bond acceptors (Lipinski definition) is 3. The van der Waals surface area contributed by atoms with E-state index in [-0.39, 0.29) is 15.6 Å². The number of nitrogens with two attached hydrogens (primary N) is 1. The third-order valence-corrected chi connectivity index (χ3v) is 4.09. The summed E-state index contributed by atoms with van der Waals surface area (Å²) >= 11 is 2.51. The summed E-state index contributed by atoms with van der Waals surface area (Å²) in [7, 11) is 0. The minimum atomic E-state index is -0.455. The molecule has 0 saturated carbocycles. The van der Waals surface area contributed by atoms with Gasteiger partial charge in [0.2, 0.25) is 0 Å². The smallest absolute Gasteiger partial charge is 0.163 e. The molecule has 3 nitrogen and oxygen atoms in total. The molecular formula is C16H30INO2. The van der Waals surface area contributed by atoms with E-state index < -0.39 is 5.79 Å². The van der Waals surface area contributed by atoms with Crippen LogP contribution >= 0.6 is 22.6 Å². The number of rotatable bonds is 8. The normalized spacial score (nSPS) is 25.4. The van der Waals surface area contributed by atoms with Crippen LogP contribution < -0.4 is 5.73 Å². The van der Waals surface area contributed by atoms with Gasteiger partial charge >= 0.3 is 0 Å². The second-order valence-electron chi connectivity index (χ2n) is 6.91. The fraction of sp³-hybridized carbons (Fsp3) is 0.875. The van der Waals surface area contributed by atoms with Gasteiger partial charge in [-0.05, 0) is 45.4 Å². The Labute approximate surface area is 137 Å². The van der Waals surface area contributed by atoms with Crippen LogP contribution in [0.15, 0.2) is 12.7 Å². The molecule has 1 saturated heterocycles. The number of ether oxygens (including phenoxy) is 2. The Hall–Kier alpha value is 0.350. The number of allylic oxidation sites excluding steroid dienone is 1. The number of alkyl halides is 1. The van der Waals surface area contributed by atoms with Crippen molar-refractivity contribution >= 4 is 22.6 Å². The molecule has 1 aliphatic heterocycles. The SMILES string of the molecule is C=CCC[C@@H](N)C[C@H](CC(C)(C)I)[C@H]1COC(C)(C)O1. The van der Waals surface area contributed by atoms with Gasteiger partial charge in [-0.25, -0.2) is 0 Å². The molecule has 0 aromatic carbocycles. The maximum atomic E-state index is 6.27. The monoisotopic (exact) mass is 395 g/mol. The van der Waals surface area contributed by atoms with Crippen molar-refractivity contribution in [3.63, 3.8) is 0 Å². The molecule has 1 aliphatic rings. The van der Waals surface area contributed by atoms with Gasteiger partial charge in [0.1, 0.15) is 0 Å². The number of hydrogen-bond donors (Lipinski definition) is 1. The highest BCUT2D eigenvalue weighted by Gasteiger charge is 2.39. The lowest BCUT2D eigenvalue weighted by molar-refractivity contribution is -0.145. The summed E-state index contributed by atoms with van der Waals surface area (Å²) in [6.45, 7) is 12.9. The van der Waals surface area contributed by atoms with Gasteiger partial charge in [-0.1, -0.05) is 42.5 Å². The average Bonchev–Trinajstić information content (AvgIpc) is 2.64. The van der Waals surface area contributed by atoms with Crippen molar-refractivity contribution in [2.75, 3.05) is 6.61 Å². The maximum absolute atomic E-state index is 6.27. The second-order valence-corrected chi connectivity index (χ2v) is 9.83. The lowest BCUT2D eigenvalue weighted by Crippen LogP contribution is -2.35. The molecule has 1 rings (SSSR count). The zero-order valence-corrected chi connectivity index (χ0v) is 15.5. The third-order valence-electron chi connectivity index (χ3n) is 3.65. The summed E-state index contributed by atoms with van der Waals surface area (Å²) < 4.78 is 12.0. The van der Waals surface area contributed by atoms with Crippen LogP contribution in [0.5, 0.6) is 0 Å². The van der Waals surface area contributed by atoms with E-state index in [1.807, 2.05) is 19.9 Å². The summed E-state index contributed by atoms with van der Waals surface area (Å²) in [6.07, 6.45) is 6.17. The van der Waals surface area contributed by atoms with Crippen molar-refractivity contribution in [2.45, 2.75) is 74.7 Å². The van der Waals surface area contributed by atoms with Gasteiger partial charge in [-0.2, -0.15) is 0 Å². The van der Waals surface area contributed by atoms with Crippen LogP contribution in [-0.2, 0) is 9.47 Å². The van der Waals surface area contributed by atoms with Gasteiger partial charge in [0.15, 0.2) is 5.79 Å². The molecule has 3 atom stereocenters. The molecule has 0 radical (unpaired) electrons. The van der Waals surface area contributed by atoms with Crippen LogP contribution in [-0.4, -0.2) is 28.0 Å². The maximum Gasteiger partial charge on any atom is 0.163 e. The summed E-state index contributed by atoms with van der Waals surface area (Å²) in [5.74, 6) is -0.00714. The molecule has 2 N–H and O–H groups in total. The van der Waals surface area contributed by atoms with Gasteiger partial charge in [0.25, 0.3) is 0 Å². The Bertz CT molecular complexity index is 312. The van der Waals surface area contributed by atoms with E-state index in [0.717, 1.165) is 25.7 Å². The van der Waals surface area contributed by atoms with E-state index >= 15 is 0 Å². The van der Waals surface area contributed by atoms with Gasteiger partial charge in [-0.15, -0.1) is 6.58 Å². The zero-order chi connectivity index (χ0) is 15.4. The minimum absolute atomic E-state index is 0.161. The standard InChI is InChI=1S/C16H30INO2/c1-6-7-8-13(18)9-12(10-15(2,3)17)14-11-19-16(4,5)20-14/h6,12-14H,1,7-11,18H2,2-5H3/t12-,13-,14-/m1/s1. The predicted octanol–water partition coefficient (Wildman–Crippen LogP) is 4.04. The molecule has 118 valence electrons. The van der Waals surface area contributed by atoms with E-state index in [1.54, 1.807) is 0 Å². The molecule has 0 amide bonds. The molecule has 20 heavy (non-hydrogen) atoms. The zero-order valence-electron chi connectivity index (χ0n) is 13.3. The lowest BCUT2D eigenvalue weighted by Gasteiger charge is -2.31. The van der Waals surface area contributed by atoms with E-state index in [1.165, 1.54) is 0 Å². The Kier molecular flexibility index (Phi) is 6.96. The van der Waals surface area contributed by atoms with Gasteiger partial charge in [0.05, 0.1) is 12.7 Å². The summed E-state index contributed by atoms with van der Waals surface area (Å²) in [4.78, 5) is 0. The molecule has 4 heteroatoms. The Morgan fingerprint density at radius 3 is 2.60 bits per heavy atom. The van der Waals surface area contributed by atoms with E-state index in [0.29, 0.717) is 12.5 Å². The van der Waals surface area contributed by atoms with Crippen LogP contribution in [0.4, 0.5) is 0 Å². The van der Waals surface area contributed by atoms with Crippen molar-refractivity contribution in [1.82, 2.24) is 0 Å². The third kappa shape index (κ3) is 6.87. The Morgan fingerprint density at radius 2 is 2.15 bits per heavy atom. The molecule has 0 unspecified atom stereocenters. The first kappa shape index (κ1) is 18.4. The predicted molar refractivity (Wildman–Crippen MR) is 93.1 cm³/mol. The minimum Gasteiger partial charge on any atom is -0.348 e. The quantitative estimate of drug-likeness (QED) is 0.383. The molecule has 1 heterocycles. The fourth-order valence-corrected chi connectivity index (χ4v) is 3.34. The first-order chi connectivity index (χ1) is 9.13.